The van der Waals surface area contributed by atoms with Gasteiger partial charge in [-0.3, -0.25) is 14.4 Å². The van der Waals surface area contributed by atoms with E-state index in [1.54, 1.807) is 12.1 Å². The van der Waals surface area contributed by atoms with Gasteiger partial charge in [-0.1, -0.05) is 23.7 Å². The molecule has 3 amide bonds. The number of aliphatic carboxylic acids is 1. The van der Waals surface area contributed by atoms with Crippen LogP contribution in [0.25, 0.3) is 0 Å². The zero-order chi connectivity index (χ0) is 37.5. The third-order valence-electron chi connectivity index (χ3n) is 7.51. The number of anilines is 4. The number of carboxylic acid groups (broad SMARTS) is 1. The minimum absolute atomic E-state index is 0.0466. The topological polar surface area (TPSA) is 197 Å². The summed E-state index contributed by atoms with van der Waals surface area (Å²) in [6.45, 7) is -1.92. The van der Waals surface area contributed by atoms with Crippen LogP contribution in [0.15, 0.2) is 72.8 Å². The fraction of sp³-hybridized carbons (Fsp3) is 0.242. The number of rotatable bonds is 14. The molecule has 5 rings (SSSR count). The van der Waals surface area contributed by atoms with E-state index in [1.807, 2.05) is 12.1 Å². The van der Waals surface area contributed by atoms with E-state index in [0.717, 1.165) is 17.7 Å². The van der Waals surface area contributed by atoms with Crippen molar-refractivity contribution in [2.75, 3.05) is 29.1 Å². The Morgan fingerprint density at radius 3 is 2.12 bits per heavy atom. The summed E-state index contributed by atoms with van der Waals surface area (Å²) in [4.78, 5) is 61.0. The Labute approximate surface area is 297 Å². The average Bonchev–Trinajstić information content (AvgIpc) is 3.88. The van der Waals surface area contributed by atoms with E-state index >= 15 is 0 Å². The van der Waals surface area contributed by atoms with Crippen LogP contribution in [0, 0.1) is 5.82 Å². The Kier molecular flexibility index (Phi) is 11.4. The molecule has 0 spiro atoms. The molecule has 19 heteroatoms. The highest BCUT2D eigenvalue weighted by Gasteiger charge is 2.45. The Balaban J connectivity index is 1.19. The van der Waals surface area contributed by atoms with Crippen molar-refractivity contribution < 1.29 is 46.6 Å². The van der Waals surface area contributed by atoms with E-state index in [9.17, 15) is 41.8 Å². The number of halogens is 5. The summed E-state index contributed by atoms with van der Waals surface area (Å²) in [6.07, 6.45) is -3.54. The first-order valence-corrected chi connectivity index (χ1v) is 15.8. The van der Waals surface area contributed by atoms with Crippen LogP contribution in [0.3, 0.4) is 0 Å². The molecular formula is C33H29ClF4N8O6. The van der Waals surface area contributed by atoms with Crippen LogP contribution in [-0.2, 0) is 19.9 Å². The Morgan fingerprint density at radius 1 is 0.865 bits per heavy atom. The minimum Gasteiger partial charge on any atom is -0.480 e. The van der Waals surface area contributed by atoms with E-state index < -0.39 is 59.9 Å². The summed E-state index contributed by atoms with van der Waals surface area (Å²) in [5.41, 5.74) is 0.832. The second kappa shape index (κ2) is 15.9. The third kappa shape index (κ3) is 10.5. The van der Waals surface area contributed by atoms with Crippen molar-refractivity contribution >= 4 is 58.6 Å². The maximum atomic E-state index is 13.0. The van der Waals surface area contributed by atoms with Gasteiger partial charge in [-0.2, -0.15) is 28.1 Å². The molecule has 1 aliphatic rings. The monoisotopic (exact) mass is 744 g/mol. The number of amides is 3. The number of carbonyl (C=O) groups is 4. The van der Waals surface area contributed by atoms with Crippen molar-refractivity contribution in [2.45, 2.75) is 37.0 Å². The SMILES string of the molecule is O=C(NCC[C@H](NC(=O)c1ccc(Nc2nc(NC3(c4ccc(Cl)cc4)CC3)nc(OCC(F)(F)F)n2)cc1)C(=O)O)C(=O)Nc1ccc(F)cc1. The predicted octanol–water partition coefficient (Wildman–Crippen LogP) is 4.78. The number of carboxylic acids is 1. The third-order valence-corrected chi connectivity index (χ3v) is 7.76. The van der Waals surface area contributed by atoms with Gasteiger partial charge in [0.15, 0.2) is 6.61 Å². The molecule has 4 aromatic rings. The largest absolute Gasteiger partial charge is 0.480 e. The highest BCUT2D eigenvalue weighted by atomic mass is 35.5. The first-order chi connectivity index (χ1) is 24.7. The van der Waals surface area contributed by atoms with Crippen LogP contribution in [0.2, 0.25) is 5.02 Å². The lowest BCUT2D eigenvalue weighted by Gasteiger charge is -2.19. The lowest BCUT2D eigenvalue weighted by atomic mass is 10.1. The maximum Gasteiger partial charge on any atom is 0.422 e. The normalized spacial score (nSPS) is 13.6. The standard InChI is InChI=1S/C33H29ClF4N8O6/c34-20-5-3-19(4-6-20)32(14-15-32)46-30-43-29(44-31(45-30)52-17-33(36,37)38)41-23-9-1-18(2-10-23)25(47)42-24(28(50)51)13-16-39-26(48)27(49)40-22-11-7-21(35)8-12-22/h1-12,24H,13-17H2,(H,39,48)(H,40,49)(H,42,47)(H,50,51)(H2,41,43,44,45,46)/t24-/m0/s1. The minimum atomic E-state index is -4.65. The molecule has 1 fully saturated rings. The molecule has 0 bridgehead atoms. The van der Waals surface area contributed by atoms with Crippen LogP contribution in [0.4, 0.5) is 40.8 Å². The molecule has 0 unspecified atom stereocenters. The second-order valence-electron chi connectivity index (χ2n) is 11.5. The number of aromatic nitrogens is 3. The second-order valence-corrected chi connectivity index (χ2v) is 11.9. The molecule has 3 aromatic carbocycles. The molecule has 0 saturated heterocycles. The fourth-order valence-corrected chi connectivity index (χ4v) is 4.86. The number of hydrogen-bond donors (Lipinski definition) is 6. The highest BCUT2D eigenvalue weighted by molar-refractivity contribution is 6.39. The van der Waals surface area contributed by atoms with Gasteiger partial charge < -0.3 is 36.4 Å². The summed E-state index contributed by atoms with van der Waals surface area (Å²) >= 11 is 6.01. The van der Waals surface area contributed by atoms with Gasteiger partial charge >= 0.3 is 30.0 Å². The Morgan fingerprint density at radius 2 is 1.50 bits per heavy atom. The van der Waals surface area contributed by atoms with Crippen LogP contribution in [0.5, 0.6) is 6.01 Å². The van der Waals surface area contributed by atoms with Crippen molar-refractivity contribution in [1.82, 2.24) is 25.6 Å². The molecule has 1 aliphatic carbocycles. The van der Waals surface area contributed by atoms with Gasteiger partial charge in [0.05, 0.1) is 5.54 Å². The molecule has 0 aliphatic heterocycles. The first-order valence-electron chi connectivity index (χ1n) is 15.4. The van der Waals surface area contributed by atoms with Crippen molar-refractivity contribution in [3.8, 4) is 6.01 Å². The molecule has 0 radical (unpaired) electrons. The number of ether oxygens (including phenoxy) is 1. The van der Waals surface area contributed by atoms with Crippen LogP contribution >= 0.6 is 11.6 Å². The molecular weight excluding hydrogens is 716 g/mol. The van der Waals surface area contributed by atoms with Crippen molar-refractivity contribution in [3.63, 3.8) is 0 Å². The van der Waals surface area contributed by atoms with Crippen molar-refractivity contribution in [1.29, 1.82) is 0 Å². The van der Waals surface area contributed by atoms with Gasteiger partial charge in [0.25, 0.3) is 5.91 Å². The van der Waals surface area contributed by atoms with Gasteiger partial charge in [-0.05, 0) is 85.5 Å². The number of carbonyl (C=O) groups excluding carboxylic acids is 3. The van der Waals surface area contributed by atoms with E-state index in [1.165, 1.54) is 36.4 Å². The predicted molar refractivity (Wildman–Crippen MR) is 179 cm³/mol. The molecule has 6 N–H and O–H groups in total. The van der Waals surface area contributed by atoms with E-state index in [-0.39, 0.29) is 36.1 Å². The van der Waals surface area contributed by atoms with Gasteiger partial charge in [-0.25, -0.2) is 9.18 Å². The van der Waals surface area contributed by atoms with Crippen LogP contribution < -0.4 is 31.3 Å². The summed E-state index contributed by atoms with van der Waals surface area (Å²) < 4.78 is 56.6. The highest BCUT2D eigenvalue weighted by Crippen LogP contribution is 2.48. The van der Waals surface area contributed by atoms with Crippen molar-refractivity contribution in [3.05, 3.63) is 94.8 Å². The van der Waals surface area contributed by atoms with Gasteiger partial charge in [0, 0.05) is 28.5 Å². The molecule has 272 valence electrons. The summed E-state index contributed by atoms with van der Waals surface area (Å²) in [7, 11) is 0. The Bertz CT molecular complexity index is 1930. The summed E-state index contributed by atoms with van der Waals surface area (Å²) in [5, 5.41) is 23.0. The number of alkyl halides is 3. The van der Waals surface area contributed by atoms with E-state index in [4.69, 9.17) is 16.3 Å². The number of nitrogens with zero attached hydrogens (tertiary/aromatic N) is 3. The lowest BCUT2D eigenvalue weighted by Crippen LogP contribution is -2.44. The zero-order valence-electron chi connectivity index (χ0n) is 26.8. The van der Waals surface area contributed by atoms with Crippen LogP contribution in [-0.4, -0.2) is 69.1 Å². The van der Waals surface area contributed by atoms with E-state index in [2.05, 4.69) is 41.5 Å². The number of nitrogens with one attached hydrogen (secondary N) is 5. The maximum absolute atomic E-state index is 13.0. The molecule has 1 atom stereocenters. The van der Waals surface area contributed by atoms with Gasteiger partial charge in [0.1, 0.15) is 11.9 Å². The van der Waals surface area contributed by atoms with E-state index in [0.29, 0.717) is 23.6 Å². The molecule has 1 saturated carbocycles. The van der Waals surface area contributed by atoms with Gasteiger partial charge in [-0.15, -0.1) is 0 Å². The molecule has 1 aromatic heterocycles. The summed E-state index contributed by atoms with van der Waals surface area (Å²) in [5.74, 6) is -5.06. The van der Waals surface area contributed by atoms with Crippen molar-refractivity contribution in [2.24, 2.45) is 0 Å². The smallest absolute Gasteiger partial charge is 0.422 e. The first kappa shape index (κ1) is 37.2. The quantitative estimate of drug-likeness (QED) is 0.0768. The number of hydrogen-bond acceptors (Lipinski definition) is 10. The number of benzene rings is 3. The molecule has 14 nitrogen and oxygen atoms in total. The average molecular weight is 745 g/mol. The molecule has 1 heterocycles. The Hall–Kier alpha value is -6.04. The lowest BCUT2D eigenvalue weighted by molar-refractivity contribution is -0.154. The fourth-order valence-electron chi connectivity index (χ4n) is 4.74. The van der Waals surface area contributed by atoms with Crippen LogP contribution in [0.1, 0.15) is 35.2 Å². The zero-order valence-corrected chi connectivity index (χ0v) is 27.5. The molecule has 52 heavy (non-hydrogen) atoms. The summed E-state index contributed by atoms with van der Waals surface area (Å²) in [6, 6.07) is 15.2. The van der Waals surface area contributed by atoms with Gasteiger partial charge in [0.2, 0.25) is 11.9 Å².